The van der Waals surface area contributed by atoms with Gasteiger partial charge in [0, 0.05) is 19.2 Å². The van der Waals surface area contributed by atoms with Crippen molar-refractivity contribution in [1.82, 2.24) is 4.31 Å². The first kappa shape index (κ1) is 15.0. The van der Waals surface area contributed by atoms with E-state index in [9.17, 15) is 13.2 Å². The van der Waals surface area contributed by atoms with Crippen molar-refractivity contribution in [2.24, 2.45) is 5.73 Å². The van der Waals surface area contributed by atoms with Crippen molar-refractivity contribution in [3.63, 3.8) is 0 Å². The lowest BCUT2D eigenvalue weighted by Crippen LogP contribution is -2.35. The number of fused-ring (bicyclic) bond motifs is 1. The van der Waals surface area contributed by atoms with Gasteiger partial charge in [-0.15, -0.1) is 0 Å². The Bertz CT molecular complexity index is 655. The average Bonchev–Trinajstić information content (AvgIpc) is 2.74. The van der Waals surface area contributed by atoms with E-state index >= 15 is 0 Å². The third-order valence-electron chi connectivity index (χ3n) is 3.75. The van der Waals surface area contributed by atoms with Crippen LogP contribution in [0.4, 0.5) is 0 Å². The van der Waals surface area contributed by atoms with E-state index in [-0.39, 0.29) is 19.1 Å². The van der Waals surface area contributed by atoms with Crippen LogP contribution in [0, 0.1) is 6.92 Å². The number of rotatable bonds is 4. The third kappa shape index (κ3) is 2.44. The first-order chi connectivity index (χ1) is 9.27. The maximum absolute atomic E-state index is 11.7. The summed E-state index contributed by atoms with van der Waals surface area (Å²) in [7, 11) is -1.85. The van der Waals surface area contributed by atoms with Crippen LogP contribution in [0.15, 0.2) is 12.1 Å². The number of nitrogens with two attached hydrogens (primary N) is 1. The first-order valence-electron chi connectivity index (χ1n) is 6.20. The molecule has 0 amide bonds. The molecular formula is C13H18N2O4S. The molecule has 0 saturated carbocycles. The number of carbonyl (C=O) groups excluding carboxylic acids is 1. The Morgan fingerprint density at radius 2 is 2.10 bits per heavy atom. The minimum atomic E-state index is -3.35. The molecule has 6 nitrogen and oxygen atoms in total. The number of esters is 1. The summed E-state index contributed by atoms with van der Waals surface area (Å²) >= 11 is 0. The third-order valence-corrected chi connectivity index (χ3v) is 5.05. The van der Waals surface area contributed by atoms with Crippen LogP contribution in [0.2, 0.25) is 0 Å². The van der Waals surface area contributed by atoms with Crippen molar-refractivity contribution in [1.29, 1.82) is 0 Å². The van der Waals surface area contributed by atoms with Gasteiger partial charge in [0.1, 0.15) is 6.61 Å². The molecule has 0 spiro atoms. The van der Waals surface area contributed by atoms with E-state index < -0.39 is 16.1 Å². The number of cyclic esters (lactones) is 1. The lowest BCUT2D eigenvalue weighted by atomic mass is 9.94. The molecule has 0 fully saturated rings. The summed E-state index contributed by atoms with van der Waals surface area (Å²) in [5.41, 5.74) is 8.76. The molecule has 1 unspecified atom stereocenters. The van der Waals surface area contributed by atoms with Crippen molar-refractivity contribution in [3.8, 4) is 0 Å². The van der Waals surface area contributed by atoms with Gasteiger partial charge in [0.2, 0.25) is 10.0 Å². The fourth-order valence-corrected chi connectivity index (χ4v) is 3.09. The molecule has 0 radical (unpaired) electrons. The van der Waals surface area contributed by atoms with Gasteiger partial charge < -0.3 is 10.5 Å². The molecule has 2 N–H and O–H groups in total. The van der Waals surface area contributed by atoms with Gasteiger partial charge in [0.25, 0.3) is 0 Å². The van der Waals surface area contributed by atoms with Crippen LogP contribution < -0.4 is 5.73 Å². The molecule has 20 heavy (non-hydrogen) atoms. The lowest BCUT2D eigenvalue weighted by molar-refractivity contribution is 0.0535. The van der Waals surface area contributed by atoms with Gasteiger partial charge in [-0.25, -0.2) is 13.2 Å². The molecule has 0 bridgehead atoms. The summed E-state index contributed by atoms with van der Waals surface area (Å²) in [6, 6.07) is 2.97. The van der Waals surface area contributed by atoms with E-state index in [1.165, 1.54) is 11.4 Å². The summed E-state index contributed by atoms with van der Waals surface area (Å²) in [6.07, 6.45) is 1.14. The Balaban J connectivity index is 2.50. The first-order valence-corrected chi connectivity index (χ1v) is 8.04. The second-order valence-electron chi connectivity index (χ2n) is 4.91. The van der Waals surface area contributed by atoms with Gasteiger partial charge >= 0.3 is 5.97 Å². The minimum absolute atomic E-state index is 0.165. The van der Waals surface area contributed by atoms with Crippen LogP contribution in [0.1, 0.15) is 33.1 Å². The van der Waals surface area contributed by atoms with Gasteiger partial charge in [0.15, 0.2) is 0 Å². The predicted molar refractivity (Wildman–Crippen MR) is 74.7 cm³/mol. The zero-order valence-corrected chi connectivity index (χ0v) is 12.5. The van der Waals surface area contributed by atoms with Crippen molar-refractivity contribution in [3.05, 3.63) is 34.4 Å². The standard InChI is InChI=1S/C13H18N2O4S/c1-8-9(12(6-14)15(2)20(3,17)18)4-5-10-11(8)7-19-13(10)16/h4-5,12H,6-7,14H2,1-3H3. The molecule has 1 aromatic rings. The van der Waals surface area contributed by atoms with E-state index in [2.05, 4.69) is 0 Å². The average molecular weight is 298 g/mol. The number of benzene rings is 1. The molecule has 1 aliphatic heterocycles. The SMILES string of the molecule is Cc1c(C(CN)N(C)S(C)(=O)=O)ccc2c1COC2=O. The summed E-state index contributed by atoms with van der Waals surface area (Å²) < 4.78 is 29.6. The monoisotopic (exact) mass is 298 g/mol. The summed E-state index contributed by atoms with van der Waals surface area (Å²) in [5.74, 6) is -0.338. The summed E-state index contributed by atoms with van der Waals surface area (Å²) in [6.45, 7) is 2.25. The summed E-state index contributed by atoms with van der Waals surface area (Å²) in [4.78, 5) is 11.5. The van der Waals surface area contributed by atoms with Crippen molar-refractivity contribution >= 4 is 16.0 Å². The van der Waals surface area contributed by atoms with E-state index in [0.717, 1.165) is 22.9 Å². The van der Waals surface area contributed by atoms with E-state index in [0.29, 0.717) is 5.56 Å². The van der Waals surface area contributed by atoms with Crippen LogP contribution in [-0.2, 0) is 21.4 Å². The molecule has 0 aromatic heterocycles. The molecule has 1 aromatic carbocycles. The van der Waals surface area contributed by atoms with E-state index in [4.69, 9.17) is 10.5 Å². The number of hydrogen-bond acceptors (Lipinski definition) is 5. The normalized spacial score (nSPS) is 16.1. The largest absolute Gasteiger partial charge is 0.457 e. The molecule has 0 aliphatic carbocycles. The molecule has 2 rings (SSSR count). The highest BCUT2D eigenvalue weighted by Crippen LogP contribution is 2.31. The van der Waals surface area contributed by atoms with Gasteiger partial charge in [-0.3, -0.25) is 0 Å². The van der Waals surface area contributed by atoms with Crippen LogP contribution in [0.5, 0.6) is 0 Å². The highest BCUT2D eigenvalue weighted by atomic mass is 32.2. The highest BCUT2D eigenvalue weighted by Gasteiger charge is 2.29. The minimum Gasteiger partial charge on any atom is -0.457 e. The fraction of sp³-hybridized carbons (Fsp3) is 0.462. The van der Waals surface area contributed by atoms with Crippen molar-refractivity contribution in [2.45, 2.75) is 19.6 Å². The molecule has 110 valence electrons. The second kappa shape index (κ2) is 5.16. The Hall–Kier alpha value is -1.44. The second-order valence-corrected chi connectivity index (χ2v) is 6.95. The number of carbonyl (C=O) groups is 1. The Morgan fingerprint density at radius 3 is 2.65 bits per heavy atom. The van der Waals surface area contributed by atoms with Crippen LogP contribution in [0.25, 0.3) is 0 Å². The number of hydrogen-bond donors (Lipinski definition) is 1. The number of nitrogens with zero attached hydrogens (tertiary/aromatic N) is 1. The highest BCUT2D eigenvalue weighted by molar-refractivity contribution is 7.88. The molecule has 0 saturated heterocycles. The zero-order chi connectivity index (χ0) is 15.1. The van der Waals surface area contributed by atoms with Crippen molar-refractivity contribution < 1.29 is 17.9 Å². The Labute approximate surface area is 118 Å². The van der Waals surface area contributed by atoms with Gasteiger partial charge in [0.05, 0.1) is 17.9 Å². The molecule has 1 aliphatic rings. The smallest absolute Gasteiger partial charge is 0.338 e. The summed E-state index contributed by atoms with van der Waals surface area (Å²) in [5, 5.41) is 0. The number of sulfonamides is 1. The maximum atomic E-state index is 11.7. The maximum Gasteiger partial charge on any atom is 0.338 e. The number of ether oxygens (including phenoxy) is 1. The van der Waals surface area contributed by atoms with Crippen LogP contribution >= 0.6 is 0 Å². The van der Waals surface area contributed by atoms with Crippen molar-refractivity contribution in [2.75, 3.05) is 19.8 Å². The molecular weight excluding hydrogens is 280 g/mol. The van der Waals surface area contributed by atoms with Crippen LogP contribution in [-0.4, -0.2) is 38.5 Å². The molecule has 1 heterocycles. The van der Waals surface area contributed by atoms with Gasteiger partial charge in [-0.2, -0.15) is 4.31 Å². The van der Waals surface area contributed by atoms with Crippen LogP contribution in [0.3, 0.4) is 0 Å². The molecule has 1 atom stereocenters. The lowest BCUT2D eigenvalue weighted by Gasteiger charge is -2.27. The van der Waals surface area contributed by atoms with E-state index in [1.54, 1.807) is 12.1 Å². The Morgan fingerprint density at radius 1 is 1.45 bits per heavy atom. The number of likely N-dealkylation sites (N-methyl/N-ethyl adjacent to an activating group) is 1. The van der Waals surface area contributed by atoms with E-state index in [1.807, 2.05) is 6.92 Å². The molecule has 7 heteroatoms. The topological polar surface area (TPSA) is 89.7 Å². The van der Waals surface area contributed by atoms with Gasteiger partial charge in [-0.1, -0.05) is 6.07 Å². The predicted octanol–water partition coefficient (Wildman–Crippen LogP) is 0.557. The van der Waals surface area contributed by atoms with Gasteiger partial charge in [-0.05, 0) is 24.1 Å². The Kier molecular flexibility index (Phi) is 3.86. The quantitative estimate of drug-likeness (QED) is 0.820. The fourth-order valence-electron chi connectivity index (χ4n) is 2.43. The zero-order valence-electron chi connectivity index (χ0n) is 11.7.